The Kier molecular flexibility index (Phi) is 4.90. The molecule has 0 radical (unpaired) electrons. The molecule has 1 rings (SSSR count). The molecule has 0 fully saturated rings. The van der Waals surface area contributed by atoms with E-state index < -0.39 is 0 Å². The Bertz CT molecular complexity index is 438. The van der Waals surface area contributed by atoms with Crippen LogP contribution in [0.4, 0.5) is 0 Å². The third-order valence-corrected chi connectivity index (χ3v) is 2.31. The first-order chi connectivity index (χ1) is 7.99. The van der Waals surface area contributed by atoms with Crippen LogP contribution in [0.5, 0.6) is 0 Å². The minimum atomic E-state index is -0.247. The molecular weight excluding hydrogens is 218 g/mol. The number of nitrogens with one attached hydrogen (secondary N) is 2. The molecule has 2 N–H and O–H groups in total. The fraction of sp³-hybridized carbons (Fsp3) is 0.500. The van der Waals surface area contributed by atoms with Crippen molar-refractivity contribution in [2.24, 2.45) is 0 Å². The maximum absolute atomic E-state index is 11.7. The topological polar surface area (TPSA) is 65.2 Å². The van der Waals surface area contributed by atoms with E-state index in [1.54, 1.807) is 13.0 Å². The van der Waals surface area contributed by atoms with Crippen LogP contribution in [-0.4, -0.2) is 43.0 Å². The molecule has 0 bridgehead atoms. The average molecular weight is 237 g/mol. The summed E-state index contributed by atoms with van der Waals surface area (Å²) >= 11 is 0. The van der Waals surface area contributed by atoms with Crippen molar-refractivity contribution in [3.8, 4) is 0 Å². The Hall–Kier alpha value is -1.62. The number of hydrogen-bond acceptors (Lipinski definition) is 3. The Morgan fingerprint density at radius 3 is 2.71 bits per heavy atom. The fourth-order valence-electron chi connectivity index (χ4n) is 1.51. The number of amides is 1. The summed E-state index contributed by atoms with van der Waals surface area (Å²) in [5.41, 5.74) is 0.857. The van der Waals surface area contributed by atoms with Gasteiger partial charge in [-0.2, -0.15) is 0 Å². The molecule has 1 aromatic rings. The summed E-state index contributed by atoms with van der Waals surface area (Å²) in [6.07, 6.45) is 0.890. The summed E-state index contributed by atoms with van der Waals surface area (Å²) in [6.45, 7) is 3.29. The van der Waals surface area contributed by atoms with Crippen molar-refractivity contribution in [1.29, 1.82) is 0 Å². The van der Waals surface area contributed by atoms with E-state index in [-0.39, 0.29) is 11.5 Å². The van der Waals surface area contributed by atoms with Crippen LogP contribution >= 0.6 is 0 Å². The number of nitrogens with zero attached hydrogens (tertiary/aromatic N) is 1. The van der Waals surface area contributed by atoms with Crippen LogP contribution in [0.1, 0.15) is 22.5 Å². The molecule has 17 heavy (non-hydrogen) atoms. The Morgan fingerprint density at radius 1 is 1.41 bits per heavy atom. The van der Waals surface area contributed by atoms with Gasteiger partial charge in [-0.05, 0) is 40.1 Å². The minimum Gasteiger partial charge on any atom is -0.352 e. The summed E-state index contributed by atoms with van der Waals surface area (Å²) in [6, 6.07) is 2.98. The summed E-state index contributed by atoms with van der Waals surface area (Å²) in [7, 11) is 3.98. The molecule has 0 aliphatic rings. The highest BCUT2D eigenvalue weighted by Crippen LogP contribution is 1.97. The maximum atomic E-state index is 11.7. The molecule has 0 aromatic carbocycles. The van der Waals surface area contributed by atoms with Gasteiger partial charge >= 0.3 is 0 Å². The second-order valence-corrected chi connectivity index (χ2v) is 4.33. The van der Waals surface area contributed by atoms with Crippen molar-refractivity contribution in [2.75, 3.05) is 27.2 Å². The molecule has 0 spiro atoms. The number of rotatable bonds is 5. The first-order valence-corrected chi connectivity index (χ1v) is 5.63. The van der Waals surface area contributed by atoms with Gasteiger partial charge in [-0.25, -0.2) is 0 Å². The van der Waals surface area contributed by atoms with E-state index in [4.69, 9.17) is 0 Å². The summed E-state index contributed by atoms with van der Waals surface area (Å²) in [5, 5.41) is 2.79. The largest absolute Gasteiger partial charge is 0.352 e. The van der Waals surface area contributed by atoms with Crippen molar-refractivity contribution in [2.45, 2.75) is 13.3 Å². The maximum Gasteiger partial charge on any atom is 0.251 e. The van der Waals surface area contributed by atoms with Crippen LogP contribution in [0.3, 0.4) is 0 Å². The van der Waals surface area contributed by atoms with Crippen molar-refractivity contribution in [1.82, 2.24) is 15.2 Å². The molecule has 0 aliphatic carbocycles. The highest BCUT2D eigenvalue weighted by Gasteiger charge is 2.06. The molecule has 0 aliphatic heterocycles. The van der Waals surface area contributed by atoms with E-state index in [2.05, 4.69) is 15.2 Å². The lowest BCUT2D eigenvalue weighted by Gasteiger charge is -2.09. The molecule has 94 valence electrons. The minimum absolute atomic E-state index is 0.196. The molecule has 1 aromatic heterocycles. The van der Waals surface area contributed by atoms with Crippen molar-refractivity contribution in [3.63, 3.8) is 0 Å². The molecular formula is C12H19N3O2. The van der Waals surface area contributed by atoms with Gasteiger partial charge in [0.2, 0.25) is 5.56 Å². The SMILES string of the molecule is Cc1cc(C(=O)NCCCN(C)C)cc(=O)[nH]1. The van der Waals surface area contributed by atoms with E-state index in [9.17, 15) is 9.59 Å². The monoisotopic (exact) mass is 237 g/mol. The molecule has 0 saturated heterocycles. The summed E-state index contributed by atoms with van der Waals surface area (Å²) < 4.78 is 0. The van der Waals surface area contributed by atoms with Crippen LogP contribution in [-0.2, 0) is 0 Å². The Balaban J connectivity index is 2.50. The molecule has 0 saturated carbocycles. The highest BCUT2D eigenvalue weighted by molar-refractivity contribution is 5.94. The number of pyridine rings is 1. The zero-order valence-corrected chi connectivity index (χ0v) is 10.5. The number of aromatic amines is 1. The average Bonchev–Trinajstić information content (AvgIpc) is 2.22. The van der Waals surface area contributed by atoms with Crippen LogP contribution in [0.25, 0.3) is 0 Å². The van der Waals surface area contributed by atoms with Crippen LogP contribution in [0.15, 0.2) is 16.9 Å². The molecule has 0 unspecified atom stereocenters. The van der Waals surface area contributed by atoms with E-state index in [0.717, 1.165) is 13.0 Å². The van der Waals surface area contributed by atoms with Crippen LogP contribution < -0.4 is 10.9 Å². The second kappa shape index (κ2) is 6.20. The van der Waals surface area contributed by atoms with Gasteiger partial charge in [0.25, 0.3) is 5.91 Å². The normalized spacial score (nSPS) is 10.6. The quantitative estimate of drug-likeness (QED) is 0.727. The summed E-state index contributed by atoms with van der Waals surface area (Å²) in [5.74, 6) is -0.196. The van der Waals surface area contributed by atoms with Gasteiger partial charge in [0.1, 0.15) is 0 Å². The van der Waals surface area contributed by atoms with Gasteiger partial charge in [0.05, 0.1) is 0 Å². The van der Waals surface area contributed by atoms with E-state index >= 15 is 0 Å². The van der Waals surface area contributed by atoms with Gasteiger partial charge in [0.15, 0.2) is 0 Å². The zero-order chi connectivity index (χ0) is 12.8. The first kappa shape index (κ1) is 13.4. The van der Waals surface area contributed by atoms with Gasteiger partial charge in [-0.15, -0.1) is 0 Å². The lowest BCUT2D eigenvalue weighted by Crippen LogP contribution is -2.28. The number of hydrogen-bond donors (Lipinski definition) is 2. The number of aromatic nitrogens is 1. The standard InChI is InChI=1S/C12H19N3O2/c1-9-7-10(8-11(16)14-9)12(17)13-5-4-6-15(2)3/h7-8H,4-6H2,1-3H3,(H,13,17)(H,14,16). The van der Waals surface area contributed by atoms with Crippen LogP contribution in [0, 0.1) is 6.92 Å². The molecule has 5 heteroatoms. The highest BCUT2D eigenvalue weighted by atomic mass is 16.2. The zero-order valence-electron chi connectivity index (χ0n) is 10.5. The van der Waals surface area contributed by atoms with E-state index in [0.29, 0.717) is 17.8 Å². The third kappa shape index (κ3) is 4.82. The smallest absolute Gasteiger partial charge is 0.251 e. The number of carbonyl (C=O) groups is 1. The number of carbonyl (C=O) groups excluding carboxylic acids is 1. The van der Waals surface area contributed by atoms with Crippen LogP contribution in [0.2, 0.25) is 0 Å². The number of aryl methyl sites for hydroxylation is 1. The van der Waals surface area contributed by atoms with Gasteiger partial charge in [-0.3, -0.25) is 9.59 Å². The van der Waals surface area contributed by atoms with E-state index in [1.807, 2.05) is 14.1 Å². The molecule has 5 nitrogen and oxygen atoms in total. The van der Waals surface area contributed by atoms with Gasteiger partial charge in [-0.1, -0.05) is 0 Å². The lowest BCUT2D eigenvalue weighted by molar-refractivity contribution is 0.0952. The van der Waals surface area contributed by atoms with Crippen molar-refractivity contribution in [3.05, 3.63) is 33.7 Å². The second-order valence-electron chi connectivity index (χ2n) is 4.33. The molecule has 1 heterocycles. The van der Waals surface area contributed by atoms with Gasteiger partial charge < -0.3 is 15.2 Å². The van der Waals surface area contributed by atoms with Crippen molar-refractivity contribution >= 4 is 5.91 Å². The third-order valence-electron chi connectivity index (χ3n) is 2.31. The van der Waals surface area contributed by atoms with Gasteiger partial charge in [0, 0.05) is 23.9 Å². The summed E-state index contributed by atoms with van der Waals surface area (Å²) in [4.78, 5) is 27.6. The molecule has 1 amide bonds. The predicted octanol–water partition coefficient (Wildman–Crippen LogP) is 0.365. The lowest BCUT2D eigenvalue weighted by atomic mass is 10.2. The number of H-pyrrole nitrogens is 1. The van der Waals surface area contributed by atoms with Crippen molar-refractivity contribution < 1.29 is 4.79 Å². The predicted molar refractivity (Wildman–Crippen MR) is 67.3 cm³/mol. The first-order valence-electron chi connectivity index (χ1n) is 5.63. The molecule has 0 atom stereocenters. The Morgan fingerprint density at radius 2 is 2.12 bits per heavy atom. The fourth-order valence-corrected chi connectivity index (χ4v) is 1.51. The Labute approximate surface area is 101 Å². The van der Waals surface area contributed by atoms with E-state index in [1.165, 1.54) is 6.07 Å².